The van der Waals surface area contributed by atoms with E-state index in [1.807, 2.05) is 71.7 Å². The van der Waals surface area contributed by atoms with E-state index >= 15 is 0 Å². The quantitative estimate of drug-likeness (QED) is 0.299. The van der Waals surface area contributed by atoms with Crippen LogP contribution < -0.4 is 15.6 Å². The summed E-state index contributed by atoms with van der Waals surface area (Å²) in [5.41, 5.74) is 5.83. The van der Waals surface area contributed by atoms with Gasteiger partial charge in [-0.15, -0.1) is 19.7 Å². The van der Waals surface area contributed by atoms with Crippen molar-refractivity contribution in [3.63, 3.8) is 0 Å². The van der Waals surface area contributed by atoms with Crippen LogP contribution >= 0.6 is 0 Å². The summed E-state index contributed by atoms with van der Waals surface area (Å²) in [5.74, 6) is 0. The maximum absolute atomic E-state index is 7.13. The highest BCUT2D eigenvalue weighted by molar-refractivity contribution is 7.02. The molecular weight excluding hydrogens is 497 g/mol. The second-order valence-electron chi connectivity index (χ2n) is 9.19. The van der Waals surface area contributed by atoms with Gasteiger partial charge in [0.2, 0.25) is 16.6 Å². The fourth-order valence-electron chi connectivity index (χ4n) is 4.17. The van der Waals surface area contributed by atoms with Crippen LogP contribution in [0, 0.1) is 0 Å². The maximum atomic E-state index is 7.13. The molecule has 35 heavy (non-hydrogen) atoms. The van der Waals surface area contributed by atoms with E-state index in [0.29, 0.717) is 0 Å². The van der Waals surface area contributed by atoms with Gasteiger partial charge in [0, 0.05) is 0 Å². The Hall–Kier alpha value is -2.37. The van der Waals surface area contributed by atoms with Crippen molar-refractivity contribution in [2.24, 2.45) is 0 Å². The molecule has 4 atom stereocenters. The molecule has 0 radical (unpaired) electrons. The van der Waals surface area contributed by atoms with Crippen molar-refractivity contribution in [1.29, 1.82) is 0 Å². The maximum Gasteiger partial charge on any atom is 0.350 e. The number of rotatable bonds is 12. The zero-order valence-electron chi connectivity index (χ0n) is 21.2. The van der Waals surface area contributed by atoms with Crippen molar-refractivity contribution in [2.45, 2.75) is 26.2 Å². The van der Waals surface area contributed by atoms with Gasteiger partial charge in [-0.1, -0.05) is 108 Å². The molecule has 4 unspecified atom stereocenters. The first-order valence-corrected chi connectivity index (χ1v) is 21.5. The summed E-state index contributed by atoms with van der Waals surface area (Å²) in [6, 6.07) is 30.9. The lowest BCUT2D eigenvalue weighted by Crippen LogP contribution is -2.67. The van der Waals surface area contributed by atoms with Crippen molar-refractivity contribution in [3.05, 3.63) is 128 Å². The molecule has 3 aromatic rings. The van der Waals surface area contributed by atoms with Crippen LogP contribution in [0.5, 0.6) is 0 Å². The first-order chi connectivity index (χ1) is 16.6. The van der Waals surface area contributed by atoms with Crippen molar-refractivity contribution in [1.82, 2.24) is 0 Å². The lowest BCUT2D eigenvalue weighted by Gasteiger charge is -2.43. The minimum atomic E-state index is -2.99. The smallest absolute Gasteiger partial charge is 0.350 e. The van der Waals surface area contributed by atoms with Gasteiger partial charge in [-0.3, -0.25) is 0 Å². The van der Waals surface area contributed by atoms with Crippen molar-refractivity contribution in [3.8, 4) is 0 Å². The molecule has 182 valence electrons. The van der Waals surface area contributed by atoms with E-state index in [1.54, 1.807) is 0 Å². The fourth-order valence-corrected chi connectivity index (χ4v) is 21.1. The zero-order valence-corrected chi connectivity index (χ0v) is 25.2. The van der Waals surface area contributed by atoms with Crippen LogP contribution in [0.25, 0.3) is 0 Å². The topological polar surface area (TPSA) is 27.7 Å². The normalized spacial score (nSPS) is 18.2. The van der Waals surface area contributed by atoms with Gasteiger partial charge in [0.25, 0.3) is 0 Å². The van der Waals surface area contributed by atoms with Gasteiger partial charge in [0.1, 0.15) is 0 Å². The third-order valence-electron chi connectivity index (χ3n) is 6.36. The molecule has 0 fully saturated rings. The fraction of sp³-hybridized carbons (Fsp3) is 0.143. The summed E-state index contributed by atoms with van der Waals surface area (Å²) in [6.45, 7) is 21.0. The number of hydrogen-bond acceptors (Lipinski definition) is 3. The van der Waals surface area contributed by atoms with Crippen LogP contribution in [0.1, 0.15) is 0 Å². The Morgan fingerprint density at radius 3 is 1.23 bits per heavy atom. The third kappa shape index (κ3) is 6.25. The van der Waals surface area contributed by atoms with Gasteiger partial charge in [0.05, 0.1) is 0 Å². The average Bonchev–Trinajstić information content (AvgIpc) is 2.90. The molecule has 3 aromatic carbocycles. The Morgan fingerprint density at radius 2 is 0.857 bits per heavy atom. The molecule has 0 bridgehead atoms. The third-order valence-corrected chi connectivity index (χ3v) is 22.8. The molecule has 0 aliphatic rings. The molecule has 7 heteroatoms. The van der Waals surface area contributed by atoms with Gasteiger partial charge in [-0.2, -0.15) is 0 Å². The largest absolute Gasteiger partial charge is 0.426 e. The Morgan fingerprint density at radius 1 is 0.486 bits per heavy atom. The zero-order chi connectivity index (χ0) is 25.6. The first kappa shape index (κ1) is 27.2. The van der Waals surface area contributed by atoms with E-state index < -0.39 is 33.8 Å². The van der Waals surface area contributed by atoms with Crippen LogP contribution in [-0.4, -0.2) is 33.8 Å². The van der Waals surface area contributed by atoms with Gasteiger partial charge < -0.3 is 12.3 Å². The Balaban J connectivity index is 2.04. The Bertz CT molecular complexity index is 1140. The minimum Gasteiger partial charge on any atom is -0.426 e. The van der Waals surface area contributed by atoms with Crippen molar-refractivity contribution < 1.29 is 12.3 Å². The van der Waals surface area contributed by atoms with Crippen molar-refractivity contribution >= 4 is 49.3 Å². The van der Waals surface area contributed by atoms with Gasteiger partial charge in [-0.25, -0.2) is 0 Å². The van der Waals surface area contributed by atoms with Crippen LogP contribution in [0.15, 0.2) is 128 Å². The molecule has 0 N–H and O–H groups in total. The summed E-state index contributed by atoms with van der Waals surface area (Å²) in [6.07, 6.45) is 0. The summed E-state index contributed by atoms with van der Waals surface area (Å²) in [7, 11) is -10.9. The molecule has 0 saturated heterocycles. The predicted octanol–water partition coefficient (Wildman–Crippen LogP) is 5.23. The van der Waals surface area contributed by atoms with Gasteiger partial charge in [0.15, 0.2) is 0 Å². The summed E-state index contributed by atoms with van der Waals surface area (Å²) < 4.78 is 21.2. The molecule has 0 amide bonds. The van der Waals surface area contributed by atoms with Crippen LogP contribution in [-0.2, 0) is 12.3 Å². The van der Waals surface area contributed by atoms with E-state index in [9.17, 15) is 0 Å². The van der Waals surface area contributed by atoms with Gasteiger partial charge >= 0.3 is 17.1 Å². The molecule has 0 heterocycles. The predicted molar refractivity (Wildman–Crippen MR) is 159 cm³/mol. The molecular formula is C28H36O3Si4. The van der Waals surface area contributed by atoms with Gasteiger partial charge in [-0.05, 0) is 41.7 Å². The first-order valence-electron chi connectivity index (χ1n) is 11.8. The molecule has 0 aliphatic carbocycles. The highest BCUT2D eigenvalue weighted by atomic mass is 28.5. The lowest BCUT2D eigenvalue weighted by molar-refractivity contribution is 0.347. The monoisotopic (exact) mass is 532 g/mol. The number of benzene rings is 3. The van der Waals surface area contributed by atoms with Crippen LogP contribution in [0.4, 0.5) is 0 Å². The molecule has 3 rings (SSSR count). The number of hydrogen-bond donors (Lipinski definition) is 0. The van der Waals surface area contributed by atoms with E-state index in [1.165, 1.54) is 0 Å². The highest BCUT2D eigenvalue weighted by Crippen LogP contribution is 2.26. The van der Waals surface area contributed by atoms with Crippen LogP contribution in [0.2, 0.25) is 26.2 Å². The second kappa shape index (κ2) is 11.1. The molecule has 0 aliphatic heterocycles. The molecule has 0 spiro atoms. The van der Waals surface area contributed by atoms with E-state index in [0.717, 1.165) is 15.6 Å². The second-order valence-corrected chi connectivity index (χ2v) is 23.0. The SMILES string of the molecule is C=C[Si](C)(O[Si](C)(C=C)c1ccccc1)O[Si](C)(O[Si](C)(C=C)c1ccccc1)c1ccccc1. The summed E-state index contributed by atoms with van der Waals surface area (Å²) >= 11 is 0. The molecule has 0 aromatic heterocycles. The van der Waals surface area contributed by atoms with E-state index in [4.69, 9.17) is 12.3 Å². The van der Waals surface area contributed by atoms with E-state index in [2.05, 4.69) is 82.3 Å². The highest BCUT2D eigenvalue weighted by Gasteiger charge is 2.50. The summed E-state index contributed by atoms with van der Waals surface area (Å²) in [5, 5.41) is 3.37. The lowest BCUT2D eigenvalue weighted by atomic mass is 10.4. The van der Waals surface area contributed by atoms with Crippen molar-refractivity contribution in [2.75, 3.05) is 0 Å². The molecule has 3 nitrogen and oxygen atoms in total. The summed E-state index contributed by atoms with van der Waals surface area (Å²) in [4.78, 5) is 0. The minimum absolute atomic E-state index is 1.06. The van der Waals surface area contributed by atoms with Crippen LogP contribution in [0.3, 0.4) is 0 Å². The van der Waals surface area contributed by atoms with E-state index in [-0.39, 0.29) is 0 Å². The Labute approximate surface area is 215 Å². The average molecular weight is 533 g/mol. The molecule has 0 saturated carbocycles. The Kier molecular flexibility index (Phi) is 8.66. The standard InChI is InChI=1S/C28H36O3Si4/c1-8-32(4,26-20-14-11-15-21-26)29-34(6,10-3)31-35(7,28-24-18-13-19-25-28)30-33(5,9-2)27-22-16-12-17-23-27/h8-25H,1-3H2,4-7H3.